The van der Waals surface area contributed by atoms with Gasteiger partial charge in [0.25, 0.3) is 5.91 Å². The van der Waals surface area contributed by atoms with Crippen molar-refractivity contribution < 1.29 is 9.59 Å². The number of benzene rings is 2. The number of hydrogen-bond acceptors (Lipinski definition) is 5. The first-order valence-corrected chi connectivity index (χ1v) is 9.04. The average Bonchev–Trinajstić information content (AvgIpc) is 2.69. The van der Waals surface area contributed by atoms with Crippen molar-refractivity contribution in [1.29, 1.82) is 0 Å². The second-order valence-corrected chi connectivity index (χ2v) is 6.75. The quantitative estimate of drug-likeness (QED) is 0.606. The Morgan fingerprint density at radius 2 is 1.54 bits per heavy atom. The zero-order valence-electron chi connectivity index (χ0n) is 16.1. The predicted molar refractivity (Wildman–Crippen MR) is 110 cm³/mol. The molecule has 2 N–H and O–H groups in total. The molecule has 0 atom stereocenters. The van der Waals surface area contributed by atoms with Crippen LogP contribution in [0.2, 0.25) is 0 Å². The Hall–Kier alpha value is -3.54. The number of anilines is 3. The van der Waals surface area contributed by atoms with Crippen LogP contribution in [0.1, 0.15) is 53.0 Å². The molecule has 28 heavy (non-hydrogen) atoms. The summed E-state index contributed by atoms with van der Waals surface area (Å²) in [6.45, 7) is 5.68. The molecule has 0 bridgehead atoms. The fourth-order valence-electron chi connectivity index (χ4n) is 2.74. The van der Waals surface area contributed by atoms with Crippen LogP contribution in [0.25, 0.3) is 0 Å². The largest absolute Gasteiger partial charge is 0.324 e. The van der Waals surface area contributed by atoms with Crippen LogP contribution in [-0.4, -0.2) is 21.7 Å². The summed E-state index contributed by atoms with van der Waals surface area (Å²) in [5.74, 6) is 0.422. The highest BCUT2D eigenvalue weighted by atomic mass is 16.1. The molecule has 6 nitrogen and oxygen atoms in total. The lowest BCUT2D eigenvalue weighted by Gasteiger charge is -2.13. The average molecular weight is 374 g/mol. The van der Waals surface area contributed by atoms with E-state index < -0.39 is 0 Å². The van der Waals surface area contributed by atoms with Crippen molar-refractivity contribution in [2.24, 2.45) is 0 Å². The Labute approximate surface area is 164 Å². The Balaban J connectivity index is 1.68. The second kappa shape index (κ2) is 8.43. The third-order valence-electron chi connectivity index (χ3n) is 4.29. The van der Waals surface area contributed by atoms with Gasteiger partial charge in [0.2, 0.25) is 5.95 Å². The molecule has 0 unspecified atom stereocenters. The number of Topliss-reactive ketones (excluding diaryl/α,β-unsaturated/α-hetero) is 1. The zero-order chi connectivity index (χ0) is 20.1. The SMILES string of the molecule is CC(=O)c1ccc(Nc2ncc(C(=O)Nc3ccccc3C(C)C)cn2)cc1. The first-order chi connectivity index (χ1) is 13.4. The second-order valence-electron chi connectivity index (χ2n) is 6.75. The normalized spacial score (nSPS) is 10.6. The first-order valence-electron chi connectivity index (χ1n) is 9.04. The van der Waals surface area contributed by atoms with Gasteiger partial charge in [-0.1, -0.05) is 32.0 Å². The number of carbonyl (C=O) groups excluding carboxylic acids is 2. The molecule has 0 saturated carbocycles. The summed E-state index contributed by atoms with van der Waals surface area (Å²) >= 11 is 0. The van der Waals surface area contributed by atoms with Crippen molar-refractivity contribution in [3.8, 4) is 0 Å². The maximum absolute atomic E-state index is 12.5. The molecule has 142 valence electrons. The summed E-state index contributed by atoms with van der Waals surface area (Å²) in [5.41, 5.74) is 3.63. The first kappa shape index (κ1) is 19.2. The van der Waals surface area contributed by atoms with Gasteiger partial charge in [0.15, 0.2) is 5.78 Å². The lowest BCUT2D eigenvalue weighted by atomic mass is 10.0. The lowest BCUT2D eigenvalue weighted by Crippen LogP contribution is -2.14. The van der Waals surface area contributed by atoms with E-state index in [9.17, 15) is 9.59 Å². The number of amides is 1. The summed E-state index contributed by atoms with van der Waals surface area (Å²) in [7, 11) is 0. The van der Waals surface area contributed by atoms with E-state index in [0.717, 1.165) is 16.9 Å². The number of nitrogens with zero attached hydrogens (tertiary/aromatic N) is 2. The minimum absolute atomic E-state index is 0.0113. The Morgan fingerprint density at radius 1 is 0.893 bits per heavy atom. The lowest BCUT2D eigenvalue weighted by molar-refractivity contribution is 0.101. The van der Waals surface area contributed by atoms with E-state index >= 15 is 0 Å². The van der Waals surface area contributed by atoms with Gasteiger partial charge in [-0.25, -0.2) is 9.97 Å². The van der Waals surface area contributed by atoms with E-state index in [1.807, 2.05) is 24.3 Å². The van der Waals surface area contributed by atoms with Crippen LogP contribution >= 0.6 is 0 Å². The van der Waals surface area contributed by atoms with Gasteiger partial charge >= 0.3 is 0 Å². The molecular weight excluding hydrogens is 352 g/mol. The van der Waals surface area contributed by atoms with Crippen LogP contribution in [0.15, 0.2) is 60.9 Å². The number of aromatic nitrogens is 2. The van der Waals surface area contributed by atoms with Gasteiger partial charge in [-0.05, 0) is 48.7 Å². The number of nitrogens with one attached hydrogen (secondary N) is 2. The van der Waals surface area contributed by atoms with Crippen molar-refractivity contribution in [2.75, 3.05) is 10.6 Å². The predicted octanol–water partition coefficient (Wildman–Crippen LogP) is 4.80. The van der Waals surface area contributed by atoms with E-state index in [1.165, 1.54) is 19.3 Å². The van der Waals surface area contributed by atoms with Crippen molar-refractivity contribution in [1.82, 2.24) is 9.97 Å². The molecule has 0 aliphatic heterocycles. The minimum atomic E-state index is -0.259. The molecule has 1 aromatic heterocycles. The molecule has 3 rings (SSSR count). The molecule has 0 aliphatic carbocycles. The third-order valence-corrected chi connectivity index (χ3v) is 4.29. The standard InChI is InChI=1S/C22H22N4O2/c1-14(2)19-6-4-5-7-20(19)26-21(28)17-12-23-22(24-13-17)25-18-10-8-16(9-11-18)15(3)27/h4-14H,1-3H3,(H,26,28)(H,23,24,25). The number of rotatable bonds is 6. The summed E-state index contributed by atoms with van der Waals surface area (Å²) in [6, 6.07) is 14.8. The number of ketones is 1. The summed E-state index contributed by atoms with van der Waals surface area (Å²) in [5, 5.41) is 5.97. The number of hydrogen-bond donors (Lipinski definition) is 2. The molecule has 0 saturated heterocycles. The van der Waals surface area contributed by atoms with Crippen LogP contribution in [0.4, 0.5) is 17.3 Å². The van der Waals surface area contributed by atoms with E-state index in [-0.39, 0.29) is 11.7 Å². The number of carbonyl (C=O) groups is 2. The fourth-order valence-corrected chi connectivity index (χ4v) is 2.74. The van der Waals surface area contributed by atoms with Crippen molar-refractivity contribution in [3.05, 3.63) is 77.6 Å². The maximum atomic E-state index is 12.5. The van der Waals surface area contributed by atoms with E-state index in [0.29, 0.717) is 23.0 Å². The Kier molecular flexibility index (Phi) is 5.79. The van der Waals surface area contributed by atoms with Crippen LogP contribution in [0.5, 0.6) is 0 Å². The van der Waals surface area contributed by atoms with Gasteiger partial charge in [-0.3, -0.25) is 9.59 Å². The van der Waals surface area contributed by atoms with E-state index in [2.05, 4.69) is 34.4 Å². The van der Waals surface area contributed by atoms with Gasteiger partial charge in [0.05, 0.1) is 5.56 Å². The fraction of sp³-hybridized carbons (Fsp3) is 0.182. The number of para-hydroxylation sites is 1. The molecular formula is C22H22N4O2. The molecule has 1 heterocycles. The maximum Gasteiger partial charge on any atom is 0.258 e. The molecule has 2 aromatic carbocycles. The van der Waals surface area contributed by atoms with Gasteiger partial charge in [-0.15, -0.1) is 0 Å². The van der Waals surface area contributed by atoms with Crippen LogP contribution in [0.3, 0.4) is 0 Å². The van der Waals surface area contributed by atoms with E-state index in [1.54, 1.807) is 24.3 Å². The third kappa shape index (κ3) is 4.59. The van der Waals surface area contributed by atoms with Crippen LogP contribution < -0.4 is 10.6 Å². The van der Waals surface area contributed by atoms with E-state index in [4.69, 9.17) is 0 Å². The van der Waals surface area contributed by atoms with Gasteiger partial charge in [-0.2, -0.15) is 0 Å². The van der Waals surface area contributed by atoms with Crippen LogP contribution in [0, 0.1) is 0 Å². The van der Waals surface area contributed by atoms with Gasteiger partial charge in [0, 0.05) is 29.3 Å². The van der Waals surface area contributed by atoms with Gasteiger partial charge in [0.1, 0.15) is 0 Å². The minimum Gasteiger partial charge on any atom is -0.324 e. The Morgan fingerprint density at radius 3 is 2.14 bits per heavy atom. The molecule has 0 aliphatic rings. The monoisotopic (exact) mass is 374 g/mol. The molecule has 3 aromatic rings. The molecule has 6 heteroatoms. The summed E-state index contributed by atoms with van der Waals surface area (Å²) < 4.78 is 0. The highest BCUT2D eigenvalue weighted by Gasteiger charge is 2.12. The van der Waals surface area contributed by atoms with Crippen molar-refractivity contribution in [3.63, 3.8) is 0 Å². The van der Waals surface area contributed by atoms with Crippen molar-refractivity contribution in [2.45, 2.75) is 26.7 Å². The van der Waals surface area contributed by atoms with Gasteiger partial charge < -0.3 is 10.6 Å². The molecule has 0 fully saturated rings. The molecule has 1 amide bonds. The topological polar surface area (TPSA) is 84.0 Å². The highest BCUT2D eigenvalue weighted by molar-refractivity contribution is 6.04. The Bertz CT molecular complexity index is 980. The molecule has 0 spiro atoms. The van der Waals surface area contributed by atoms with Crippen LogP contribution in [-0.2, 0) is 0 Å². The summed E-state index contributed by atoms with van der Waals surface area (Å²) in [4.78, 5) is 32.2. The highest BCUT2D eigenvalue weighted by Crippen LogP contribution is 2.24. The van der Waals surface area contributed by atoms with Crippen molar-refractivity contribution >= 4 is 29.0 Å². The molecule has 0 radical (unpaired) electrons. The zero-order valence-corrected chi connectivity index (χ0v) is 16.1. The smallest absolute Gasteiger partial charge is 0.258 e. The summed E-state index contributed by atoms with van der Waals surface area (Å²) in [6.07, 6.45) is 2.96.